The highest BCUT2D eigenvalue weighted by Crippen LogP contribution is 2.38. The molecule has 9 heteroatoms. The fourth-order valence-corrected chi connectivity index (χ4v) is 5.53. The number of aliphatic imine (C=N–C) groups is 1. The van der Waals surface area contributed by atoms with E-state index < -0.39 is 5.25 Å². The summed E-state index contributed by atoms with van der Waals surface area (Å²) in [6.07, 6.45) is 0.644. The molecule has 0 saturated carbocycles. The number of benzene rings is 3. The third-order valence-corrected chi connectivity index (χ3v) is 7.59. The van der Waals surface area contributed by atoms with Gasteiger partial charge < -0.3 is 10.1 Å². The van der Waals surface area contributed by atoms with Crippen LogP contribution in [0.1, 0.15) is 35.6 Å². The van der Waals surface area contributed by atoms with Gasteiger partial charge in [-0.2, -0.15) is 10.1 Å². The van der Waals surface area contributed by atoms with Gasteiger partial charge in [0.15, 0.2) is 5.17 Å². The number of aryl methyl sites for hydroxylation is 1. The van der Waals surface area contributed by atoms with Crippen LogP contribution in [0.25, 0.3) is 0 Å². The van der Waals surface area contributed by atoms with Gasteiger partial charge in [-0.3, -0.25) is 9.59 Å². The van der Waals surface area contributed by atoms with Crippen LogP contribution in [0.5, 0.6) is 5.75 Å². The van der Waals surface area contributed by atoms with Crippen molar-refractivity contribution in [1.82, 2.24) is 5.01 Å². The minimum atomic E-state index is -0.643. The molecule has 2 aliphatic heterocycles. The van der Waals surface area contributed by atoms with E-state index in [4.69, 9.17) is 21.4 Å². The largest absolute Gasteiger partial charge is 0.495 e. The van der Waals surface area contributed by atoms with Gasteiger partial charge in [0.05, 0.1) is 24.6 Å². The third-order valence-electron chi connectivity index (χ3n) is 6.21. The molecule has 0 radical (unpaired) electrons. The summed E-state index contributed by atoms with van der Waals surface area (Å²) >= 11 is 7.34. The molecule has 7 nitrogen and oxygen atoms in total. The van der Waals surface area contributed by atoms with Crippen molar-refractivity contribution < 1.29 is 14.3 Å². The summed E-state index contributed by atoms with van der Waals surface area (Å²) in [5, 5.41) is 9.84. The average molecular weight is 533 g/mol. The number of hydrazone groups is 1. The minimum Gasteiger partial charge on any atom is -0.495 e. The maximum atomic E-state index is 12.8. The number of amides is 2. The predicted octanol–water partition coefficient (Wildman–Crippen LogP) is 5.83. The molecule has 0 spiro atoms. The van der Waals surface area contributed by atoms with Gasteiger partial charge in [0.2, 0.25) is 5.91 Å². The number of hydrogen-bond acceptors (Lipinski definition) is 6. The Labute approximate surface area is 224 Å². The lowest BCUT2D eigenvalue weighted by atomic mass is 9.98. The summed E-state index contributed by atoms with van der Waals surface area (Å²) in [6, 6.07) is 23.2. The third kappa shape index (κ3) is 5.55. The lowest BCUT2D eigenvalue weighted by molar-refractivity contribution is -0.121. The second-order valence-electron chi connectivity index (χ2n) is 8.82. The SMILES string of the molecule is COc1ccc(Cl)cc1NC(=O)CC1SC(N2N=C(c3ccc(C)cc3)CC2c2ccccc2)=NC1=O. The standard InChI is InChI=1S/C28H25ClN4O3S/c1-17-8-10-18(11-9-17)21-15-23(19-6-4-3-5-7-19)33(32-21)28-31-27(35)25(37-28)16-26(34)30-22-14-20(29)12-13-24(22)36-2/h3-14,23,25H,15-16H2,1-2H3,(H,30,34). The van der Waals surface area contributed by atoms with Crippen molar-refractivity contribution in [3.63, 3.8) is 0 Å². The molecule has 2 atom stereocenters. The lowest BCUT2D eigenvalue weighted by Gasteiger charge is -2.23. The number of nitrogens with zero attached hydrogens (tertiary/aromatic N) is 3. The van der Waals surface area contributed by atoms with E-state index in [0.29, 0.717) is 28.0 Å². The van der Waals surface area contributed by atoms with Gasteiger partial charge in [-0.15, -0.1) is 0 Å². The van der Waals surface area contributed by atoms with E-state index >= 15 is 0 Å². The number of ether oxygens (including phenoxy) is 1. The number of amidine groups is 1. The van der Waals surface area contributed by atoms with E-state index in [1.54, 1.807) is 18.2 Å². The number of carbonyl (C=O) groups is 2. The first-order chi connectivity index (χ1) is 17.9. The van der Waals surface area contributed by atoms with Crippen LogP contribution >= 0.6 is 23.4 Å². The molecule has 2 unspecified atom stereocenters. The van der Waals surface area contributed by atoms with Crippen molar-refractivity contribution in [1.29, 1.82) is 0 Å². The summed E-state index contributed by atoms with van der Waals surface area (Å²) in [4.78, 5) is 29.9. The van der Waals surface area contributed by atoms with Crippen LogP contribution in [0.15, 0.2) is 82.9 Å². The monoisotopic (exact) mass is 532 g/mol. The molecule has 0 bridgehead atoms. The number of thioether (sulfide) groups is 1. The van der Waals surface area contributed by atoms with E-state index in [0.717, 1.165) is 16.8 Å². The quantitative estimate of drug-likeness (QED) is 0.431. The predicted molar refractivity (Wildman–Crippen MR) is 148 cm³/mol. The van der Waals surface area contributed by atoms with Crippen molar-refractivity contribution in [3.8, 4) is 5.75 Å². The number of rotatable bonds is 6. The summed E-state index contributed by atoms with van der Waals surface area (Å²) in [5.41, 5.74) is 4.68. The van der Waals surface area contributed by atoms with Gasteiger partial charge in [-0.25, -0.2) is 5.01 Å². The molecule has 3 aromatic rings. The number of methoxy groups -OCH3 is 1. The summed E-state index contributed by atoms with van der Waals surface area (Å²) in [6.45, 7) is 2.05. The zero-order valence-corrected chi connectivity index (χ0v) is 21.9. The Balaban J connectivity index is 1.34. The molecule has 188 valence electrons. The van der Waals surface area contributed by atoms with Crippen LogP contribution in [0.2, 0.25) is 5.02 Å². The zero-order chi connectivity index (χ0) is 25.9. The van der Waals surface area contributed by atoms with Gasteiger partial charge in [-0.05, 0) is 36.2 Å². The second-order valence-corrected chi connectivity index (χ2v) is 10.4. The van der Waals surface area contributed by atoms with Gasteiger partial charge >= 0.3 is 0 Å². The molecule has 3 aromatic carbocycles. The second kappa shape index (κ2) is 10.8. The molecule has 5 rings (SSSR count). The normalized spacial score (nSPS) is 19.0. The number of nitrogens with one attached hydrogen (secondary N) is 1. The molecule has 0 aromatic heterocycles. The Morgan fingerprint density at radius 1 is 1.14 bits per heavy atom. The molecule has 0 saturated heterocycles. The topological polar surface area (TPSA) is 83.4 Å². The van der Waals surface area contributed by atoms with Crippen molar-refractivity contribution in [2.24, 2.45) is 10.1 Å². The van der Waals surface area contributed by atoms with Gasteiger partial charge in [-0.1, -0.05) is 83.5 Å². The number of hydrogen-bond donors (Lipinski definition) is 1. The van der Waals surface area contributed by atoms with Crippen LogP contribution < -0.4 is 10.1 Å². The van der Waals surface area contributed by atoms with Gasteiger partial charge in [0, 0.05) is 17.9 Å². The van der Waals surface area contributed by atoms with Gasteiger partial charge in [0.1, 0.15) is 11.0 Å². The van der Waals surface area contributed by atoms with E-state index in [9.17, 15) is 9.59 Å². The highest BCUT2D eigenvalue weighted by atomic mass is 35.5. The Hall–Kier alpha value is -3.62. The maximum Gasteiger partial charge on any atom is 0.262 e. The molecular weight excluding hydrogens is 508 g/mol. The molecule has 2 aliphatic rings. The fourth-order valence-electron chi connectivity index (χ4n) is 4.29. The van der Waals surface area contributed by atoms with E-state index in [-0.39, 0.29) is 24.3 Å². The van der Waals surface area contributed by atoms with Crippen molar-refractivity contribution in [2.45, 2.75) is 31.1 Å². The summed E-state index contributed by atoms with van der Waals surface area (Å²) < 4.78 is 5.29. The first-order valence-electron chi connectivity index (χ1n) is 11.8. The summed E-state index contributed by atoms with van der Waals surface area (Å²) in [7, 11) is 1.51. The first kappa shape index (κ1) is 25.0. The molecule has 37 heavy (non-hydrogen) atoms. The van der Waals surface area contributed by atoms with Crippen molar-refractivity contribution >= 4 is 51.7 Å². The van der Waals surface area contributed by atoms with Crippen LogP contribution in [0.4, 0.5) is 5.69 Å². The molecule has 2 amide bonds. The van der Waals surface area contributed by atoms with E-state index in [1.807, 2.05) is 30.1 Å². The highest BCUT2D eigenvalue weighted by molar-refractivity contribution is 8.15. The minimum absolute atomic E-state index is 0.0372. The van der Waals surface area contributed by atoms with Crippen LogP contribution in [0, 0.1) is 6.92 Å². The zero-order valence-electron chi connectivity index (χ0n) is 20.3. The van der Waals surface area contributed by atoms with Crippen molar-refractivity contribution in [3.05, 3.63) is 94.5 Å². The van der Waals surface area contributed by atoms with Crippen LogP contribution in [-0.4, -0.2) is 40.1 Å². The Bertz CT molecular complexity index is 1390. The number of halogens is 1. The smallest absolute Gasteiger partial charge is 0.262 e. The van der Waals surface area contributed by atoms with Crippen LogP contribution in [-0.2, 0) is 9.59 Å². The van der Waals surface area contributed by atoms with Gasteiger partial charge in [0.25, 0.3) is 5.91 Å². The van der Waals surface area contributed by atoms with Crippen molar-refractivity contribution in [2.75, 3.05) is 12.4 Å². The first-order valence-corrected chi connectivity index (χ1v) is 13.1. The average Bonchev–Trinajstić information content (AvgIpc) is 3.49. The highest BCUT2D eigenvalue weighted by Gasteiger charge is 2.39. The Kier molecular flexibility index (Phi) is 7.30. The molecule has 0 aliphatic carbocycles. The van der Waals surface area contributed by atoms with E-state index in [2.05, 4.69) is 46.7 Å². The molecule has 2 heterocycles. The molecule has 1 N–H and O–H groups in total. The number of anilines is 1. The maximum absolute atomic E-state index is 12.8. The van der Waals surface area contributed by atoms with E-state index in [1.165, 1.54) is 24.4 Å². The lowest BCUT2D eigenvalue weighted by Crippen LogP contribution is -2.25. The summed E-state index contributed by atoms with van der Waals surface area (Å²) in [5.74, 6) is -0.187. The Morgan fingerprint density at radius 3 is 2.62 bits per heavy atom. The van der Waals surface area contributed by atoms with Crippen LogP contribution in [0.3, 0.4) is 0 Å². The number of carbonyl (C=O) groups excluding carboxylic acids is 2. The molecular formula is C28H25ClN4O3S. The molecule has 0 fully saturated rings. The Morgan fingerprint density at radius 2 is 1.89 bits per heavy atom. The fraction of sp³-hybridized carbons (Fsp3) is 0.214.